The maximum Gasteiger partial charge on any atom is 0.307 e. The van der Waals surface area contributed by atoms with Crippen LogP contribution in [0.25, 0.3) is 10.4 Å². The van der Waals surface area contributed by atoms with Gasteiger partial charge in [0.1, 0.15) is 0 Å². The highest BCUT2D eigenvalue weighted by molar-refractivity contribution is 6.31. The van der Waals surface area contributed by atoms with Gasteiger partial charge in [-0.05, 0) is 29.3 Å². The first-order valence-corrected chi connectivity index (χ1v) is 5.01. The summed E-state index contributed by atoms with van der Waals surface area (Å²) in [5, 5.41) is 12.3. The van der Waals surface area contributed by atoms with E-state index in [1.54, 1.807) is 18.2 Å². The molecule has 1 rings (SSSR count). The number of carbonyl (C=O) groups is 1. The Morgan fingerprint density at radius 1 is 1.59 bits per heavy atom. The van der Waals surface area contributed by atoms with E-state index >= 15 is 0 Å². The molecule has 0 aliphatic carbocycles. The summed E-state index contributed by atoms with van der Waals surface area (Å²) in [5.74, 6) is 4.44. The van der Waals surface area contributed by atoms with Gasteiger partial charge in [-0.2, -0.15) is 0 Å². The molecule has 1 aromatic carbocycles. The Morgan fingerprint density at radius 3 is 3.00 bits per heavy atom. The Morgan fingerprint density at radius 2 is 2.35 bits per heavy atom. The van der Waals surface area contributed by atoms with E-state index in [4.69, 9.17) is 22.2 Å². The Hall–Kier alpha value is -2.15. The number of halogens is 1. The monoisotopic (exact) mass is 249 g/mol. The van der Waals surface area contributed by atoms with Crippen LogP contribution < -0.4 is 0 Å². The number of hydrogen-bond donors (Lipinski definition) is 1. The molecule has 1 N–H and O–H groups in total. The molecule has 17 heavy (non-hydrogen) atoms. The molecular weight excluding hydrogens is 242 g/mol. The zero-order chi connectivity index (χ0) is 12.7. The first-order valence-electron chi connectivity index (χ1n) is 4.63. The van der Waals surface area contributed by atoms with Gasteiger partial charge in [0, 0.05) is 15.5 Å². The van der Waals surface area contributed by atoms with Gasteiger partial charge >= 0.3 is 5.97 Å². The lowest BCUT2D eigenvalue weighted by Crippen LogP contribution is -2.00. The van der Waals surface area contributed by atoms with Crippen LogP contribution in [0.5, 0.6) is 0 Å². The highest BCUT2D eigenvalue weighted by atomic mass is 35.5. The van der Waals surface area contributed by atoms with Crippen LogP contribution in [0.3, 0.4) is 0 Å². The average molecular weight is 250 g/mol. The second kappa shape index (κ2) is 6.44. The fourth-order valence-corrected chi connectivity index (χ4v) is 1.34. The van der Waals surface area contributed by atoms with Crippen LogP contribution in [0.4, 0.5) is 0 Å². The molecule has 0 saturated carbocycles. The molecule has 0 saturated heterocycles. The summed E-state index contributed by atoms with van der Waals surface area (Å²) in [7, 11) is 0. The third-order valence-electron chi connectivity index (χ3n) is 1.83. The molecule has 6 heteroatoms. The van der Waals surface area contributed by atoms with Crippen LogP contribution in [0.1, 0.15) is 11.1 Å². The zero-order valence-corrected chi connectivity index (χ0v) is 9.48. The molecule has 0 fully saturated rings. The van der Waals surface area contributed by atoms with Crippen molar-refractivity contribution < 1.29 is 9.90 Å². The Labute approximate surface area is 103 Å². The molecular formula is C11H8ClN3O2. The van der Waals surface area contributed by atoms with Crippen LogP contribution in [0.15, 0.2) is 23.3 Å². The quantitative estimate of drug-likeness (QED) is 0.386. The second-order valence-corrected chi connectivity index (χ2v) is 3.47. The molecule has 1 aromatic rings. The van der Waals surface area contributed by atoms with E-state index in [9.17, 15) is 4.79 Å². The Kier molecular flexibility index (Phi) is 4.89. The molecule has 0 radical (unpaired) electrons. The minimum Gasteiger partial charge on any atom is -0.481 e. The van der Waals surface area contributed by atoms with Crippen LogP contribution in [0.2, 0.25) is 5.02 Å². The van der Waals surface area contributed by atoms with Crippen molar-refractivity contribution in [1.29, 1.82) is 0 Å². The van der Waals surface area contributed by atoms with E-state index in [0.29, 0.717) is 16.1 Å². The van der Waals surface area contributed by atoms with Gasteiger partial charge in [0.05, 0.1) is 13.0 Å². The standard InChI is InChI=1S/C11H8ClN3O2/c12-10-4-3-8(2-1-5-14-15-13)6-9(10)7-11(16)17/h3-4,6H,5,7H2,(H,16,17). The fraction of sp³-hybridized carbons (Fsp3) is 0.182. The average Bonchev–Trinajstić information content (AvgIpc) is 2.28. The maximum atomic E-state index is 10.6. The van der Waals surface area contributed by atoms with Crippen molar-refractivity contribution in [2.24, 2.45) is 5.11 Å². The zero-order valence-electron chi connectivity index (χ0n) is 8.72. The molecule has 0 spiro atoms. The van der Waals surface area contributed by atoms with E-state index in [1.807, 2.05) is 0 Å². The van der Waals surface area contributed by atoms with Crippen molar-refractivity contribution >= 4 is 17.6 Å². The summed E-state index contributed by atoms with van der Waals surface area (Å²) in [5.41, 5.74) is 9.20. The van der Waals surface area contributed by atoms with Crippen LogP contribution in [-0.2, 0) is 11.2 Å². The van der Waals surface area contributed by atoms with Crippen molar-refractivity contribution in [3.05, 3.63) is 44.8 Å². The van der Waals surface area contributed by atoms with E-state index < -0.39 is 5.97 Å². The van der Waals surface area contributed by atoms with Crippen molar-refractivity contribution in [3.8, 4) is 11.8 Å². The highest BCUT2D eigenvalue weighted by Gasteiger charge is 2.05. The molecule has 0 heterocycles. The molecule has 0 unspecified atom stereocenters. The third-order valence-corrected chi connectivity index (χ3v) is 2.20. The minimum atomic E-state index is -0.953. The summed E-state index contributed by atoms with van der Waals surface area (Å²) < 4.78 is 0. The molecule has 0 bridgehead atoms. The van der Waals surface area contributed by atoms with E-state index in [0.717, 1.165) is 0 Å². The van der Waals surface area contributed by atoms with Gasteiger partial charge in [-0.15, -0.1) is 0 Å². The number of azide groups is 1. The lowest BCUT2D eigenvalue weighted by molar-refractivity contribution is -0.136. The van der Waals surface area contributed by atoms with E-state index in [1.165, 1.54) is 0 Å². The van der Waals surface area contributed by atoms with Crippen LogP contribution >= 0.6 is 11.6 Å². The fourth-order valence-electron chi connectivity index (χ4n) is 1.16. The molecule has 0 atom stereocenters. The van der Waals surface area contributed by atoms with Gasteiger partial charge in [0.15, 0.2) is 0 Å². The summed E-state index contributed by atoms with van der Waals surface area (Å²) in [6, 6.07) is 4.88. The highest BCUT2D eigenvalue weighted by Crippen LogP contribution is 2.17. The maximum absolute atomic E-state index is 10.6. The van der Waals surface area contributed by atoms with Crippen molar-refractivity contribution in [3.63, 3.8) is 0 Å². The molecule has 0 aliphatic rings. The molecule has 5 nitrogen and oxygen atoms in total. The molecule has 0 amide bonds. The number of benzene rings is 1. The summed E-state index contributed by atoms with van der Waals surface area (Å²) in [4.78, 5) is 13.1. The third kappa shape index (κ3) is 4.47. The summed E-state index contributed by atoms with van der Waals surface area (Å²) in [6.07, 6.45) is -0.148. The van der Waals surface area contributed by atoms with Gasteiger partial charge in [0.2, 0.25) is 0 Å². The number of carboxylic acid groups (broad SMARTS) is 1. The van der Waals surface area contributed by atoms with E-state index in [2.05, 4.69) is 21.9 Å². The van der Waals surface area contributed by atoms with Gasteiger partial charge in [0.25, 0.3) is 0 Å². The first kappa shape index (κ1) is 12.9. The van der Waals surface area contributed by atoms with Crippen LogP contribution in [0, 0.1) is 11.8 Å². The largest absolute Gasteiger partial charge is 0.481 e. The number of hydrogen-bond acceptors (Lipinski definition) is 2. The molecule has 86 valence electrons. The number of nitrogens with zero attached hydrogens (tertiary/aromatic N) is 3. The number of carboxylic acids is 1. The van der Waals surface area contributed by atoms with Gasteiger partial charge in [-0.3, -0.25) is 4.79 Å². The summed E-state index contributed by atoms with van der Waals surface area (Å²) in [6.45, 7) is 0.0768. The topological polar surface area (TPSA) is 86.1 Å². The predicted molar refractivity (Wildman–Crippen MR) is 63.7 cm³/mol. The van der Waals surface area contributed by atoms with Gasteiger partial charge in [-0.25, -0.2) is 0 Å². The normalized spacial score (nSPS) is 8.76. The number of rotatable bonds is 3. The Balaban J connectivity index is 2.90. The molecule has 0 aromatic heterocycles. The number of aliphatic carboxylic acids is 1. The second-order valence-electron chi connectivity index (χ2n) is 3.07. The SMILES string of the molecule is [N-]=[N+]=NCC#Cc1ccc(Cl)c(CC(=O)O)c1. The smallest absolute Gasteiger partial charge is 0.307 e. The van der Waals surface area contributed by atoms with E-state index in [-0.39, 0.29) is 13.0 Å². The first-order chi connectivity index (χ1) is 8.13. The lowest BCUT2D eigenvalue weighted by Gasteiger charge is -2.01. The van der Waals surface area contributed by atoms with Gasteiger partial charge < -0.3 is 5.11 Å². The van der Waals surface area contributed by atoms with Crippen molar-refractivity contribution in [1.82, 2.24) is 0 Å². The minimum absolute atomic E-state index is 0.0768. The van der Waals surface area contributed by atoms with Gasteiger partial charge in [-0.1, -0.05) is 28.6 Å². The van der Waals surface area contributed by atoms with Crippen molar-refractivity contribution in [2.75, 3.05) is 6.54 Å². The summed E-state index contributed by atoms with van der Waals surface area (Å²) >= 11 is 5.85. The molecule has 0 aliphatic heterocycles. The predicted octanol–water partition coefficient (Wildman–Crippen LogP) is 2.63. The Bertz CT molecular complexity index is 539. The lowest BCUT2D eigenvalue weighted by atomic mass is 10.1. The van der Waals surface area contributed by atoms with Crippen molar-refractivity contribution in [2.45, 2.75) is 6.42 Å². The van der Waals surface area contributed by atoms with Crippen LogP contribution in [-0.4, -0.2) is 17.6 Å².